The molecule has 3 atom stereocenters. The van der Waals surface area contributed by atoms with E-state index >= 15 is 0 Å². The van der Waals surface area contributed by atoms with Crippen LogP contribution in [0.15, 0.2) is 35.3 Å². The molecule has 3 unspecified atom stereocenters. The average molecular weight is 307 g/mol. The molecule has 0 aromatic heterocycles. The van der Waals surface area contributed by atoms with E-state index in [2.05, 4.69) is 5.32 Å². The third-order valence-corrected chi connectivity index (χ3v) is 3.80. The van der Waals surface area contributed by atoms with Crippen LogP contribution >= 0.6 is 0 Å². The molecule has 1 saturated heterocycles. The van der Waals surface area contributed by atoms with Crippen molar-refractivity contribution >= 4 is 12.4 Å². The van der Waals surface area contributed by atoms with Crippen molar-refractivity contribution in [1.82, 2.24) is 10.4 Å². The van der Waals surface area contributed by atoms with Crippen LogP contribution in [-0.2, 0) is 24.1 Å². The number of nitrogens with one attached hydrogen (secondary N) is 1. The Labute approximate surface area is 126 Å². The molecule has 8 nitrogen and oxygen atoms in total. The van der Waals surface area contributed by atoms with Gasteiger partial charge < -0.3 is 25.2 Å². The van der Waals surface area contributed by atoms with Gasteiger partial charge in [0.25, 0.3) is 0 Å². The first-order valence-corrected chi connectivity index (χ1v) is 6.93. The normalized spacial score (nSPS) is 29.3. The van der Waals surface area contributed by atoms with Crippen molar-refractivity contribution < 1.29 is 24.1 Å². The van der Waals surface area contributed by atoms with Crippen LogP contribution in [0, 0.1) is 11.1 Å². The number of fused-ring (bicyclic) bond motifs is 2. The fourth-order valence-electron chi connectivity index (χ4n) is 2.80. The zero-order valence-electron chi connectivity index (χ0n) is 11.9. The molecule has 3 rings (SSSR count). The highest BCUT2D eigenvalue weighted by Gasteiger charge is 2.39. The third kappa shape index (κ3) is 2.36. The minimum atomic E-state index is -0.717. The Morgan fingerprint density at radius 3 is 3.09 bits per heavy atom. The molecule has 8 heteroatoms. The van der Waals surface area contributed by atoms with E-state index in [0.29, 0.717) is 17.2 Å². The summed E-state index contributed by atoms with van der Waals surface area (Å²) < 4.78 is 4.89. The van der Waals surface area contributed by atoms with Crippen molar-refractivity contribution in [3.63, 3.8) is 0 Å². The van der Waals surface area contributed by atoms with Gasteiger partial charge in [0.05, 0.1) is 12.6 Å². The monoisotopic (exact) mass is 307 g/mol. The Morgan fingerprint density at radius 1 is 1.55 bits per heavy atom. The van der Waals surface area contributed by atoms with E-state index in [-0.39, 0.29) is 24.8 Å². The lowest BCUT2D eigenvalue weighted by Gasteiger charge is -2.48. The van der Waals surface area contributed by atoms with Crippen LogP contribution < -0.4 is 5.32 Å². The number of hydrogen-bond acceptors (Lipinski definition) is 7. The molecule has 3 aliphatic rings. The van der Waals surface area contributed by atoms with Crippen molar-refractivity contribution in [3.8, 4) is 0 Å². The van der Waals surface area contributed by atoms with Gasteiger partial charge in [0.1, 0.15) is 12.3 Å². The average Bonchev–Trinajstić information content (AvgIpc) is 2.96. The smallest absolute Gasteiger partial charge is 0.353 e. The lowest BCUT2D eigenvalue weighted by molar-refractivity contribution is -0.223. The predicted octanol–water partition coefficient (Wildman–Crippen LogP) is 0.132. The molecular weight excluding hydrogens is 292 g/mol. The van der Waals surface area contributed by atoms with E-state index in [1.807, 2.05) is 6.08 Å². The first-order chi connectivity index (χ1) is 10.7. The zero-order chi connectivity index (χ0) is 15.7. The van der Waals surface area contributed by atoms with E-state index in [4.69, 9.17) is 14.5 Å². The summed E-state index contributed by atoms with van der Waals surface area (Å²) in [5.74, 6) is -0.563. The molecule has 0 spiro atoms. The topological polar surface area (TPSA) is 100 Å². The summed E-state index contributed by atoms with van der Waals surface area (Å²) in [6, 6.07) is -1.17. The fraction of sp³-hybridized carbons (Fsp3) is 0.429. The highest BCUT2D eigenvalue weighted by molar-refractivity contribution is 5.88. The Balaban J connectivity index is 1.96. The standard InChI is InChI=1S/C14H15N2O6/c1-2-20-14(18)12-4-10(15-7-17)9-3-8-6-21-22-13(8)5-11(9)16(12)19/h3-5,7,9-11H,2,6H2,1H3,(H,15,17)/q-1. The van der Waals surface area contributed by atoms with E-state index < -0.39 is 18.1 Å². The Bertz CT molecular complexity index is 582. The minimum absolute atomic E-state index is 0.130. The van der Waals surface area contributed by atoms with Gasteiger partial charge in [0.2, 0.25) is 6.41 Å². The van der Waals surface area contributed by atoms with Gasteiger partial charge in [-0.05, 0) is 19.1 Å². The number of hydrogen-bond donors (Lipinski definition) is 1. The Kier molecular flexibility index (Phi) is 3.86. The number of hydroxylamine groups is 2. The summed E-state index contributed by atoms with van der Waals surface area (Å²) >= 11 is 0. The maximum Gasteiger partial charge on any atom is 0.353 e. The molecule has 0 saturated carbocycles. The molecule has 1 N–H and O–H groups in total. The molecule has 1 fully saturated rings. The SMILES string of the molecule is CCOC(=O)C1=CC(NC=O)C2C=C3COOC3=CC2N1[O-]. The summed E-state index contributed by atoms with van der Waals surface area (Å²) in [5, 5.41) is 15.7. The molecule has 2 heterocycles. The van der Waals surface area contributed by atoms with Crippen LogP contribution in [0.5, 0.6) is 0 Å². The first kappa shape index (κ1) is 14.6. The predicted molar refractivity (Wildman–Crippen MR) is 73.4 cm³/mol. The molecule has 0 aromatic carbocycles. The van der Waals surface area contributed by atoms with Crippen LogP contribution in [0.1, 0.15) is 6.92 Å². The number of esters is 1. The van der Waals surface area contributed by atoms with Gasteiger partial charge in [-0.1, -0.05) is 6.08 Å². The molecule has 22 heavy (non-hydrogen) atoms. The molecule has 118 valence electrons. The molecule has 0 bridgehead atoms. The number of rotatable bonds is 4. The summed E-state index contributed by atoms with van der Waals surface area (Å²) in [6.07, 6.45) is 5.40. The van der Waals surface area contributed by atoms with Gasteiger partial charge in [-0.3, -0.25) is 4.79 Å². The van der Waals surface area contributed by atoms with Crippen LogP contribution in [0.4, 0.5) is 0 Å². The Hall–Kier alpha value is -2.32. The second-order valence-electron chi connectivity index (χ2n) is 5.04. The van der Waals surface area contributed by atoms with Crippen molar-refractivity contribution in [1.29, 1.82) is 0 Å². The van der Waals surface area contributed by atoms with Crippen LogP contribution in [0.25, 0.3) is 0 Å². The number of ether oxygens (including phenoxy) is 1. The molecular formula is C14H15N2O6-. The number of nitrogens with zero attached hydrogens (tertiary/aromatic N) is 1. The number of carbonyl (C=O) groups is 2. The molecule has 2 aliphatic heterocycles. The van der Waals surface area contributed by atoms with Crippen molar-refractivity contribution in [2.24, 2.45) is 5.92 Å². The maximum absolute atomic E-state index is 12.5. The zero-order valence-corrected chi connectivity index (χ0v) is 11.9. The van der Waals surface area contributed by atoms with Gasteiger partial charge in [-0.15, -0.1) is 0 Å². The maximum atomic E-state index is 12.5. The summed E-state index contributed by atoms with van der Waals surface area (Å²) in [4.78, 5) is 32.6. The highest BCUT2D eigenvalue weighted by atomic mass is 17.2. The second kappa shape index (κ2) is 5.82. The number of amides is 1. The summed E-state index contributed by atoms with van der Waals surface area (Å²) in [5.41, 5.74) is 0.690. The van der Waals surface area contributed by atoms with E-state index in [0.717, 1.165) is 5.57 Å². The lowest BCUT2D eigenvalue weighted by atomic mass is 9.82. The van der Waals surface area contributed by atoms with Gasteiger partial charge in [-0.25, -0.2) is 4.79 Å². The van der Waals surface area contributed by atoms with Crippen molar-refractivity contribution in [2.75, 3.05) is 13.2 Å². The number of carbonyl (C=O) groups excluding carboxylic acids is 2. The van der Waals surface area contributed by atoms with Gasteiger partial charge >= 0.3 is 5.97 Å². The van der Waals surface area contributed by atoms with E-state index in [1.54, 1.807) is 13.0 Å². The first-order valence-electron chi connectivity index (χ1n) is 6.93. The minimum Gasteiger partial charge on any atom is -0.758 e. The van der Waals surface area contributed by atoms with Crippen LogP contribution in [0.2, 0.25) is 0 Å². The van der Waals surface area contributed by atoms with E-state index in [9.17, 15) is 14.8 Å². The quantitative estimate of drug-likeness (QED) is 0.447. The van der Waals surface area contributed by atoms with Gasteiger partial charge in [-0.2, -0.15) is 4.89 Å². The third-order valence-electron chi connectivity index (χ3n) is 3.80. The highest BCUT2D eigenvalue weighted by Crippen LogP contribution is 2.37. The van der Waals surface area contributed by atoms with E-state index in [1.165, 1.54) is 6.08 Å². The van der Waals surface area contributed by atoms with Crippen LogP contribution in [-0.4, -0.2) is 42.7 Å². The summed E-state index contributed by atoms with van der Waals surface area (Å²) in [6.45, 7) is 2.10. The molecule has 1 amide bonds. The Morgan fingerprint density at radius 2 is 2.36 bits per heavy atom. The second-order valence-corrected chi connectivity index (χ2v) is 5.04. The lowest BCUT2D eigenvalue weighted by Crippen LogP contribution is -2.51. The molecule has 1 aliphatic carbocycles. The van der Waals surface area contributed by atoms with Gasteiger partial charge in [0.15, 0.2) is 5.76 Å². The van der Waals surface area contributed by atoms with Gasteiger partial charge in [0, 0.05) is 17.5 Å². The fourth-order valence-corrected chi connectivity index (χ4v) is 2.80. The molecule has 0 radical (unpaired) electrons. The van der Waals surface area contributed by atoms with Crippen molar-refractivity contribution in [2.45, 2.75) is 19.0 Å². The largest absolute Gasteiger partial charge is 0.758 e. The van der Waals surface area contributed by atoms with Crippen molar-refractivity contribution in [3.05, 3.63) is 40.5 Å². The van der Waals surface area contributed by atoms with Crippen LogP contribution in [0.3, 0.4) is 0 Å². The molecule has 0 aromatic rings. The summed E-state index contributed by atoms with van der Waals surface area (Å²) in [7, 11) is 0.